The Morgan fingerprint density at radius 2 is 2.32 bits per heavy atom. The second-order valence-corrected chi connectivity index (χ2v) is 5.20. The second-order valence-electron chi connectivity index (χ2n) is 5.20. The first kappa shape index (κ1) is 13.1. The van der Waals surface area contributed by atoms with Crippen molar-refractivity contribution in [3.05, 3.63) is 42.4 Å². The van der Waals surface area contributed by atoms with Crippen LogP contribution in [0.5, 0.6) is 0 Å². The van der Waals surface area contributed by atoms with E-state index in [0.717, 1.165) is 25.2 Å². The molecule has 0 saturated carbocycles. The summed E-state index contributed by atoms with van der Waals surface area (Å²) >= 11 is 0. The Labute approximate surface area is 126 Å². The molecule has 0 saturated heterocycles. The van der Waals surface area contributed by atoms with E-state index >= 15 is 0 Å². The minimum atomic E-state index is 0.333. The summed E-state index contributed by atoms with van der Waals surface area (Å²) in [6, 6.07) is 5.94. The second kappa shape index (κ2) is 5.64. The van der Waals surface area contributed by atoms with Gasteiger partial charge in [0.2, 0.25) is 11.7 Å². The van der Waals surface area contributed by atoms with Crippen molar-refractivity contribution < 1.29 is 4.52 Å². The highest BCUT2D eigenvalue weighted by molar-refractivity contribution is 5.46. The molecule has 8 heteroatoms. The Balaban J connectivity index is 1.38. The lowest BCUT2D eigenvalue weighted by atomic mass is 10.1. The lowest BCUT2D eigenvalue weighted by Crippen LogP contribution is -2.37. The molecule has 22 heavy (non-hydrogen) atoms. The molecule has 1 aliphatic rings. The van der Waals surface area contributed by atoms with Crippen LogP contribution < -0.4 is 5.32 Å². The monoisotopic (exact) mass is 297 g/mol. The highest BCUT2D eigenvalue weighted by Crippen LogP contribution is 2.14. The van der Waals surface area contributed by atoms with Gasteiger partial charge in [-0.3, -0.25) is 4.98 Å². The van der Waals surface area contributed by atoms with Crippen LogP contribution in [-0.2, 0) is 19.5 Å². The third-order valence-corrected chi connectivity index (χ3v) is 3.71. The van der Waals surface area contributed by atoms with Crippen LogP contribution in [0.15, 0.2) is 35.2 Å². The number of pyridine rings is 1. The van der Waals surface area contributed by atoms with Crippen LogP contribution in [0, 0.1) is 0 Å². The summed E-state index contributed by atoms with van der Waals surface area (Å²) in [5.41, 5.74) is 0.711. The number of aryl methyl sites for hydroxylation is 1. The Hall–Kier alpha value is -2.61. The normalized spacial score (nSPS) is 17.4. The van der Waals surface area contributed by atoms with E-state index in [2.05, 4.69) is 30.5 Å². The molecule has 4 heterocycles. The van der Waals surface area contributed by atoms with Crippen LogP contribution in [0.25, 0.3) is 11.5 Å². The van der Waals surface area contributed by atoms with Crippen LogP contribution in [0.3, 0.4) is 0 Å². The van der Waals surface area contributed by atoms with E-state index in [4.69, 9.17) is 4.52 Å². The fourth-order valence-electron chi connectivity index (χ4n) is 2.56. The minimum Gasteiger partial charge on any atom is -0.337 e. The third kappa shape index (κ3) is 2.60. The molecule has 1 aliphatic heterocycles. The summed E-state index contributed by atoms with van der Waals surface area (Å²) in [7, 11) is 0. The van der Waals surface area contributed by atoms with Gasteiger partial charge < -0.3 is 9.84 Å². The molecule has 3 aromatic heterocycles. The molecule has 0 aliphatic carbocycles. The predicted molar refractivity (Wildman–Crippen MR) is 76.5 cm³/mol. The molecular formula is C14H15N7O. The summed E-state index contributed by atoms with van der Waals surface area (Å²) < 4.78 is 7.20. The zero-order valence-electron chi connectivity index (χ0n) is 11.9. The lowest BCUT2D eigenvalue weighted by molar-refractivity contribution is 0.320. The van der Waals surface area contributed by atoms with Crippen molar-refractivity contribution in [1.29, 1.82) is 0 Å². The molecule has 4 rings (SSSR count). The van der Waals surface area contributed by atoms with E-state index in [-0.39, 0.29) is 0 Å². The van der Waals surface area contributed by atoms with Gasteiger partial charge in [0.1, 0.15) is 17.8 Å². The van der Waals surface area contributed by atoms with Crippen LogP contribution >= 0.6 is 0 Å². The highest BCUT2D eigenvalue weighted by atomic mass is 16.5. The fraction of sp³-hybridized carbons (Fsp3) is 0.357. The van der Waals surface area contributed by atoms with E-state index in [1.165, 1.54) is 0 Å². The first-order chi connectivity index (χ1) is 10.9. The number of hydrogen-bond donors (Lipinski definition) is 1. The molecular weight excluding hydrogens is 282 g/mol. The van der Waals surface area contributed by atoms with Gasteiger partial charge >= 0.3 is 0 Å². The van der Waals surface area contributed by atoms with Gasteiger partial charge in [0.25, 0.3) is 0 Å². The first-order valence-electron chi connectivity index (χ1n) is 7.22. The van der Waals surface area contributed by atoms with E-state index in [9.17, 15) is 0 Å². The van der Waals surface area contributed by atoms with Crippen molar-refractivity contribution in [1.82, 2.24) is 35.2 Å². The molecule has 112 valence electrons. The quantitative estimate of drug-likeness (QED) is 0.762. The molecule has 1 atom stereocenters. The van der Waals surface area contributed by atoms with Crippen LogP contribution in [0.1, 0.15) is 18.1 Å². The molecule has 0 amide bonds. The molecule has 8 nitrogen and oxygen atoms in total. The Kier molecular flexibility index (Phi) is 3.36. The Morgan fingerprint density at radius 3 is 3.23 bits per heavy atom. The first-order valence-corrected chi connectivity index (χ1v) is 7.22. The maximum atomic E-state index is 5.27. The van der Waals surface area contributed by atoms with E-state index < -0.39 is 0 Å². The fourth-order valence-corrected chi connectivity index (χ4v) is 2.56. The summed E-state index contributed by atoms with van der Waals surface area (Å²) in [5.74, 6) is 2.12. The van der Waals surface area contributed by atoms with Crippen LogP contribution in [-0.4, -0.2) is 35.9 Å². The average molecular weight is 297 g/mol. The molecule has 1 unspecified atom stereocenters. The van der Waals surface area contributed by atoms with Gasteiger partial charge in [-0.2, -0.15) is 10.1 Å². The number of rotatable bonds is 4. The molecule has 0 spiro atoms. The minimum absolute atomic E-state index is 0.333. The van der Waals surface area contributed by atoms with Gasteiger partial charge in [0.15, 0.2) is 0 Å². The van der Waals surface area contributed by atoms with Crippen molar-refractivity contribution in [3.63, 3.8) is 0 Å². The Morgan fingerprint density at radius 1 is 1.32 bits per heavy atom. The summed E-state index contributed by atoms with van der Waals surface area (Å²) in [5, 5.41) is 11.6. The SMILES string of the molecule is c1ccc(-c2noc(CNC3CCc4ncnn4C3)n2)nc1. The third-order valence-electron chi connectivity index (χ3n) is 3.71. The highest BCUT2D eigenvalue weighted by Gasteiger charge is 2.20. The van der Waals surface area contributed by atoms with Gasteiger partial charge in [-0.1, -0.05) is 11.2 Å². The summed E-state index contributed by atoms with van der Waals surface area (Å²) in [6.07, 6.45) is 5.27. The number of fused-ring (bicyclic) bond motifs is 1. The summed E-state index contributed by atoms with van der Waals surface area (Å²) in [4.78, 5) is 12.8. The van der Waals surface area contributed by atoms with Crippen molar-refractivity contribution in [2.24, 2.45) is 0 Å². The smallest absolute Gasteiger partial charge is 0.240 e. The van der Waals surface area contributed by atoms with Gasteiger partial charge in [-0.15, -0.1) is 0 Å². The van der Waals surface area contributed by atoms with E-state index in [1.807, 2.05) is 22.9 Å². The van der Waals surface area contributed by atoms with Crippen molar-refractivity contribution in [2.45, 2.75) is 32.0 Å². The maximum Gasteiger partial charge on any atom is 0.240 e. The molecule has 3 aromatic rings. The van der Waals surface area contributed by atoms with Gasteiger partial charge in [-0.05, 0) is 18.6 Å². The van der Waals surface area contributed by atoms with Crippen molar-refractivity contribution in [3.8, 4) is 11.5 Å². The van der Waals surface area contributed by atoms with E-state index in [0.29, 0.717) is 30.0 Å². The number of aromatic nitrogens is 6. The summed E-state index contributed by atoms with van der Waals surface area (Å²) in [6.45, 7) is 1.35. The Bertz CT molecular complexity index is 751. The number of nitrogens with one attached hydrogen (secondary N) is 1. The van der Waals surface area contributed by atoms with Gasteiger partial charge in [0.05, 0.1) is 13.1 Å². The zero-order valence-corrected chi connectivity index (χ0v) is 11.9. The maximum absolute atomic E-state index is 5.27. The molecule has 0 aromatic carbocycles. The van der Waals surface area contributed by atoms with Crippen molar-refractivity contribution >= 4 is 0 Å². The lowest BCUT2D eigenvalue weighted by Gasteiger charge is -2.22. The van der Waals surface area contributed by atoms with Crippen LogP contribution in [0.2, 0.25) is 0 Å². The van der Waals surface area contributed by atoms with Gasteiger partial charge in [0, 0.05) is 18.7 Å². The van der Waals surface area contributed by atoms with Crippen LogP contribution in [0.4, 0.5) is 0 Å². The molecule has 0 radical (unpaired) electrons. The largest absolute Gasteiger partial charge is 0.337 e. The molecule has 1 N–H and O–H groups in total. The number of nitrogens with zero attached hydrogens (tertiary/aromatic N) is 6. The van der Waals surface area contributed by atoms with E-state index in [1.54, 1.807) is 12.5 Å². The molecule has 0 fully saturated rings. The predicted octanol–water partition coefficient (Wildman–Crippen LogP) is 0.828. The van der Waals surface area contributed by atoms with Crippen molar-refractivity contribution in [2.75, 3.05) is 0 Å². The number of hydrogen-bond acceptors (Lipinski definition) is 7. The standard InChI is InChI=1S/C14H15N7O/c1-2-6-15-11(3-1)14-19-13(22-20-14)7-16-10-4-5-12-17-9-18-21(12)8-10/h1-3,6,9-10,16H,4-5,7-8H2. The topological polar surface area (TPSA) is 94.6 Å². The zero-order chi connectivity index (χ0) is 14.8. The average Bonchev–Trinajstić information content (AvgIpc) is 3.22. The van der Waals surface area contributed by atoms with Gasteiger partial charge in [-0.25, -0.2) is 9.67 Å². The molecule has 0 bridgehead atoms.